The molecule has 3 aromatic rings. The SMILES string of the molecule is CCc1ccccc1.CN[C@H](C)c1ccccc1.FC1=C(C2CC2)C=CCN1.Fc1ncccc1C1CC1.NC=O.O=CCOCCOCCOCCOCCOCCOCCOCCOCCOCCOCCOCCO. The number of carbonyl (C=O) groups excluding carboxylic acids is 2. The number of nitrogens with two attached hydrogens (primary N) is 1. The number of dihydropyridines is 1. The van der Waals surface area contributed by atoms with Gasteiger partial charge < -0.3 is 78.4 Å². The van der Waals surface area contributed by atoms with Crippen molar-refractivity contribution in [2.75, 3.05) is 166 Å². The molecule has 1 aromatic heterocycles. The molecule has 2 fully saturated rings. The highest BCUT2D eigenvalue weighted by Crippen LogP contribution is 2.40. The average Bonchev–Trinajstić information content (AvgIpc) is 4.43. The molecule has 3 aliphatic rings. The number of carbonyl (C=O) groups is 2. The van der Waals surface area contributed by atoms with E-state index in [0.717, 1.165) is 43.2 Å². The summed E-state index contributed by atoms with van der Waals surface area (Å²) in [5.74, 6) is 0.591. The Balaban J connectivity index is 0.000000581. The van der Waals surface area contributed by atoms with Gasteiger partial charge in [0, 0.05) is 29.9 Å². The van der Waals surface area contributed by atoms with E-state index < -0.39 is 0 Å². The highest BCUT2D eigenvalue weighted by molar-refractivity contribution is 5.50. The summed E-state index contributed by atoms with van der Waals surface area (Å²) >= 11 is 0. The molecule has 1 atom stereocenters. The molecule has 18 nitrogen and oxygen atoms in total. The number of primary amides is 1. The summed E-state index contributed by atoms with van der Waals surface area (Å²) in [6.07, 6.45) is 12.0. The lowest BCUT2D eigenvalue weighted by Gasteiger charge is -2.09. The van der Waals surface area contributed by atoms with Gasteiger partial charge in [0.2, 0.25) is 12.4 Å². The van der Waals surface area contributed by atoms with E-state index in [1.54, 1.807) is 6.07 Å². The number of rotatable bonds is 39. The fraction of sp³-hybridized carbons (Fsp3) is 0.603. The largest absolute Gasteiger partial charge is 0.394 e. The molecule has 2 heterocycles. The summed E-state index contributed by atoms with van der Waals surface area (Å²) in [6.45, 7) is 15.2. The topological polar surface area (TPSA) is 219 Å². The fourth-order valence-electron chi connectivity index (χ4n) is 6.33. The predicted octanol–water partition coefficient (Wildman–Crippen LogP) is 6.51. The van der Waals surface area contributed by atoms with Crippen LogP contribution < -0.4 is 16.4 Å². The van der Waals surface area contributed by atoms with Crippen LogP contribution in [0.25, 0.3) is 0 Å². The number of pyridine rings is 1. The molecule has 0 radical (unpaired) electrons. The lowest BCUT2D eigenvalue weighted by atomic mass is 10.1. The minimum Gasteiger partial charge on any atom is -0.394 e. The van der Waals surface area contributed by atoms with Gasteiger partial charge in [-0.3, -0.25) is 4.79 Å². The van der Waals surface area contributed by atoms with Crippen molar-refractivity contribution >= 4 is 12.7 Å². The monoisotopic (exact) mass is 1110 g/mol. The number of aromatic nitrogens is 1. The third-order valence-electron chi connectivity index (χ3n) is 10.9. The molecule has 0 spiro atoms. The predicted molar refractivity (Wildman–Crippen MR) is 296 cm³/mol. The van der Waals surface area contributed by atoms with Gasteiger partial charge in [0.1, 0.15) is 12.9 Å². The molecule has 6 rings (SSSR count). The molecule has 20 heteroatoms. The maximum Gasteiger partial charge on any atom is 0.216 e. The number of halogens is 2. The second-order valence-corrected chi connectivity index (χ2v) is 17.0. The zero-order valence-electron chi connectivity index (χ0n) is 46.6. The molecule has 2 saturated carbocycles. The van der Waals surface area contributed by atoms with Crippen LogP contribution in [0.4, 0.5) is 8.78 Å². The van der Waals surface area contributed by atoms with E-state index in [-0.39, 0.29) is 31.5 Å². The normalized spacial score (nSPS) is 13.6. The Kier molecular flexibility index (Phi) is 49.7. The Morgan fingerprint density at radius 1 is 0.615 bits per heavy atom. The molecular formula is C58H92F2N4O14. The molecule has 1 aliphatic heterocycles. The van der Waals surface area contributed by atoms with Crippen LogP contribution in [-0.2, 0) is 68.1 Å². The quantitative estimate of drug-likeness (QED) is 0.0207. The summed E-state index contributed by atoms with van der Waals surface area (Å²) < 4.78 is 84.1. The van der Waals surface area contributed by atoms with Gasteiger partial charge in [0.25, 0.3) is 0 Å². The first-order valence-corrected chi connectivity index (χ1v) is 27.1. The third-order valence-corrected chi connectivity index (χ3v) is 10.9. The number of allylic oxidation sites excluding steroid dienone is 2. The van der Waals surface area contributed by atoms with Gasteiger partial charge in [0.15, 0.2) is 5.95 Å². The van der Waals surface area contributed by atoms with E-state index in [1.807, 2.05) is 37.4 Å². The van der Waals surface area contributed by atoms with Gasteiger partial charge in [-0.1, -0.05) is 85.8 Å². The zero-order valence-corrected chi connectivity index (χ0v) is 46.6. The van der Waals surface area contributed by atoms with Crippen LogP contribution in [0.5, 0.6) is 0 Å². The molecular weight excluding hydrogens is 1010 g/mol. The number of aliphatic hydroxyl groups excluding tert-OH is 1. The lowest BCUT2D eigenvalue weighted by molar-refractivity contribution is -0.112. The van der Waals surface area contributed by atoms with Crippen molar-refractivity contribution in [2.24, 2.45) is 11.7 Å². The van der Waals surface area contributed by atoms with Crippen molar-refractivity contribution < 1.29 is 75.6 Å². The van der Waals surface area contributed by atoms with Gasteiger partial charge >= 0.3 is 0 Å². The second-order valence-electron chi connectivity index (χ2n) is 17.0. The first kappa shape index (κ1) is 71.4. The lowest BCUT2D eigenvalue weighted by Crippen LogP contribution is -2.15. The number of nitrogens with zero attached hydrogens (tertiary/aromatic N) is 1. The summed E-state index contributed by atoms with van der Waals surface area (Å²) in [5.41, 5.74) is 8.59. The Morgan fingerprint density at radius 2 is 1.01 bits per heavy atom. The Labute approximate surface area is 462 Å². The first-order chi connectivity index (χ1) is 38.4. The summed E-state index contributed by atoms with van der Waals surface area (Å²) in [5, 5.41) is 14.4. The van der Waals surface area contributed by atoms with Crippen molar-refractivity contribution in [2.45, 2.75) is 57.9 Å². The minimum absolute atomic E-state index is 0.0241. The first-order valence-electron chi connectivity index (χ1n) is 27.1. The van der Waals surface area contributed by atoms with Gasteiger partial charge in [-0.2, -0.15) is 8.78 Å². The van der Waals surface area contributed by atoms with Crippen molar-refractivity contribution in [1.29, 1.82) is 0 Å². The summed E-state index contributed by atoms with van der Waals surface area (Å²) in [4.78, 5) is 22.2. The summed E-state index contributed by atoms with van der Waals surface area (Å²) in [7, 11) is 1.97. The number of hydrogen-bond donors (Lipinski definition) is 4. The van der Waals surface area contributed by atoms with Crippen LogP contribution in [0.15, 0.2) is 103 Å². The van der Waals surface area contributed by atoms with Crippen molar-refractivity contribution in [1.82, 2.24) is 15.6 Å². The van der Waals surface area contributed by atoms with Crippen molar-refractivity contribution in [3.63, 3.8) is 0 Å². The zero-order chi connectivity index (χ0) is 56.6. The molecule has 78 heavy (non-hydrogen) atoms. The number of nitrogens with one attached hydrogen (secondary N) is 2. The molecule has 2 aromatic carbocycles. The van der Waals surface area contributed by atoms with Gasteiger partial charge in [-0.05, 0) is 75.1 Å². The van der Waals surface area contributed by atoms with E-state index in [4.69, 9.17) is 62.0 Å². The maximum absolute atomic E-state index is 12.9. The molecule has 0 unspecified atom stereocenters. The number of benzene rings is 2. The van der Waals surface area contributed by atoms with E-state index in [0.29, 0.717) is 169 Å². The maximum atomic E-state index is 12.9. The highest BCUT2D eigenvalue weighted by atomic mass is 19.1. The molecule has 442 valence electrons. The molecule has 0 saturated heterocycles. The van der Waals surface area contributed by atoms with Crippen LogP contribution in [0.3, 0.4) is 0 Å². The van der Waals surface area contributed by atoms with Crippen LogP contribution in [0.1, 0.15) is 68.2 Å². The number of amides is 1. The molecule has 2 aliphatic carbocycles. The van der Waals surface area contributed by atoms with E-state index >= 15 is 0 Å². The summed E-state index contributed by atoms with van der Waals surface area (Å²) in [6, 6.07) is 24.9. The molecule has 0 bridgehead atoms. The number of ether oxygens (including phenoxy) is 11. The Bertz CT molecular complexity index is 1850. The Morgan fingerprint density at radius 3 is 1.35 bits per heavy atom. The number of hydrogen-bond acceptors (Lipinski definition) is 17. The molecule has 5 N–H and O–H groups in total. The minimum atomic E-state index is -0.287. The van der Waals surface area contributed by atoms with E-state index in [2.05, 4.69) is 83.7 Å². The fourth-order valence-corrected chi connectivity index (χ4v) is 6.33. The number of aryl methyl sites for hydroxylation is 1. The average molecular weight is 1110 g/mol. The third kappa shape index (κ3) is 44.2. The van der Waals surface area contributed by atoms with Crippen LogP contribution in [0, 0.1) is 11.9 Å². The van der Waals surface area contributed by atoms with Crippen LogP contribution in [0.2, 0.25) is 0 Å². The van der Waals surface area contributed by atoms with Crippen LogP contribution in [-0.4, -0.2) is 188 Å². The van der Waals surface area contributed by atoms with Crippen molar-refractivity contribution in [3.8, 4) is 0 Å². The smallest absolute Gasteiger partial charge is 0.216 e. The van der Waals surface area contributed by atoms with E-state index in [9.17, 15) is 13.6 Å². The number of aldehydes is 1. The highest BCUT2D eigenvalue weighted by Gasteiger charge is 2.28. The van der Waals surface area contributed by atoms with Crippen molar-refractivity contribution in [3.05, 3.63) is 125 Å². The van der Waals surface area contributed by atoms with Gasteiger partial charge in [0.05, 0.1) is 145 Å². The Hall–Kier alpha value is -4.65. The van der Waals surface area contributed by atoms with Gasteiger partial charge in [-0.15, -0.1) is 0 Å². The standard InChI is InChI=1S/C24H48O13.C9H13N.C8H10FN.C8H8FN.C8H10.CH3NO/c25-1-3-27-5-7-29-9-11-31-13-15-33-17-19-35-21-23-37-24-22-36-20-18-34-16-14-32-12-10-30-8-6-28-4-2-26;1-8(10-2)9-6-4-3-5-7-9;2*9-8-7(6-3-4-6)2-1-5-10-8;1-2-8-6-4-3-5-7-8;2-1-3/h1,26H,2-24H2;3-8,10H,1-2H3;1-2,6,10H,3-5H2;1-2,5-6H,3-4H2;3-7H,2H2,1H3;1H,(H2,2,3)/t;8-;;;;/m.1..../s1. The van der Waals surface area contributed by atoms with Gasteiger partial charge in [-0.25, -0.2) is 4.98 Å². The molecule has 1 amide bonds. The van der Waals surface area contributed by atoms with E-state index in [1.165, 1.54) is 17.3 Å². The number of aliphatic hydroxyl groups is 1. The second kappa shape index (κ2) is 54.3. The van der Waals surface area contributed by atoms with Crippen LogP contribution >= 0.6 is 0 Å².